The minimum Gasteiger partial charge on any atom is -0.324 e. The van der Waals surface area contributed by atoms with Gasteiger partial charge in [0.05, 0.1) is 17.1 Å². The number of fused-ring (bicyclic) bond motifs is 1. The lowest BCUT2D eigenvalue weighted by atomic mass is 10.1. The van der Waals surface area contributed by atoms with Crippen molar-refractivity contribution in [3.63, 3.8) is 0 Å². The van der Waals surface area contributed by atoms with Gasteiger partial charge in [0.25, 0.3) is 0 Å². The molecule has 0 aliphatic heterocycles. The van der Waals surface area contributed by atoms with E-state index in [4.69, 9.17) is 0 Å². The molecule has 9 nitrogen and oxygen atoms in total. The van der Waals surface area contributed by atoms with E-state index in [1.165, 1.54) is 16.8 Å². The number of amides is 1. The molecule has 0 spiro atoms. The molecule has 0 bridgehead atoms. The van der Waals surface area contributed by atoms with Crippen LogP contribution in [0.25, 0.3) is 11.3 Å². The highest BCUT2D eigenvalue weighted by Crippen LogP contribution is 2.21. The second-order valence-electron chi connectivity index (χ2n) is 7.17. The Morgan fingerprint density at radius 1 is 1.17 bits per heavy atom. The van der Waals surface area contributed by atoms with E-state index in [0.717, 1.165) is 28.3 Å². The second-order valence-corrected chi connectivity index (χ2v) is 7.17. The average molecular weight is 408 g/mol. The zero-order valence-corrected chi connectivity index (χ0v) is 17.1. The Morgan fingerprint density at radius 3 is 2.70 bits per heavy atom. The van der Waals surface area contributed by atoms with E-state index in [1.807, 2.05) is 26.8 Å². The lowest BCUT2D eigenvalue weighted by molar-refractivity contribution is -0.116. The number of carbonyl (C=O) groups is 1. The van der Waals surface area contributed by atoms with E-state index in [2.05, 4.69) is 30.9 Å². The molecular weight excluding hydrogens is 387 g/mol. The van der Waals surface area contributed by atoms with Gasteiger partial charge in [-0.25, -0.2) is 13.9 Å². The first-order chi connectivity index (χ1) is 14.3. The first kappa shape index (κ1) is 19.6. The summed E-state index contributed by atoms with van der Waals surface area (Å²) in [7, 11) is 0. The number of tetrazole rings is 1. The van der Waals surface area contributed by atoms with Crippen molar-refractivity contribution in [1.82, 2.24) is 34.8 Å². The summed E-state index contributed by atoms with van der Waals surface area (Å²) < 4.78 is 17.5. The lowest BCUT2D eigenvalue weighted by Gasteiger charge is -2.12. The highest BCUT2D eigenvalue weighted by molar-refractivity contribution is 5.91. The molecule has 0 atom stereocenters. The SMILES string of the molecule is Cc1cc2nc(C)c(CCC(=O)Nc3cc(-n4nnnc4C)ccc3F)c(C)n2n1. The molecule has 1 N–H and O–H groups in total. The molecule has 3 aromatic heterocycles. The molecule has 4 rings (SSSR count). The zero-order chi connectivity index (χ0) is 21.4. The van der Waals surface area contributed by atoms with E-state index < -0.39 is 5.82 Å². The quantitative estimate of drug-likeness (QED) is 0.545. The molecule has 0 aliphatic carbocycles. The first-order valence-corrected chi connectivity index (χ1v) is 9.50. The third-order valence-electron chi connectivity index (χ3n) is 4.98. The van der Waals surface area contributed by atoms with Gasteiger partial charge in [-0.05, 0) is 68.3 Å². The summed E-state index contributed by atoms with van der Waals surface area (Å²) in [5.41, 5.74) is 5.07. The van der Waals surface area contributed by atoms with E-state index in [9.17, 15) is 9.18 Å². The van der Waals surface area contributed by atoms with Crippen LogP contribution < -0.4 is 5.32 Å². The third-order valence-corrected chi connectivity index (χ3v) is 4.98. The average Bonchev–Trinajstić information content (AvgIpc) is 3.28. The molecule has 0 saturated heterocycles. The van der Waals surface area contributed by atoms with Crippen LogP contribution in [-0.4, -0.2) is 40.7 Å². The van der Waals surface area contributed by atoms with E-state index in [-0.39, 0.29) is 18.0 Å². The number of rotatable bonds is 5. The van der Waals surface area contributed by atoms with Crippen molar-refractivity contribution >= 4 is 17.2 Å². The van der Waals surface area contributed by atoms with Crippen LogP contribution in [0, 0.1) is 33.5 Å². The van der Waals surface area contributed by atoms with Crippen LogP contribution in [-0.2, 0) is 11.2 Å². The predicted molar refractivity (Wildman–Crippen MR) is 108 cm³/mol. The van der Waals surface area contributed by atoms with Crippen LogP contribution in [0.1, 0.15) is 34.9 Å². The van der Waals surface area contributed by atoms with Gasteiger partial charge in [0.1, 0.15) is 5.82 Å². The number of hydrogen-bond acceptors (Lipinski definition) is 6. The summed E-state index contributed by atoms with van der Waals surface area (Å²) >= 11 is 0. The van der Waals surface area contributed by atoms with Gasteiger partial charge < -0.3 is 5.32 Å². The summed E-state index contributed by atoms with van der Waals surface area (Å²) in [5.74, 6) is -0.267. The summed E-state index contributed by atoms with van der Waals surface area (Å²) in [6.45, 7) is 7.52. The Labute approximate surface area is 171 Å². The minimum atomic E-state index is -0.528. The highest BCUT2D eigenvalue weighted by atomic mass is 19.1. The van der Waals surface area contributed by atoms with Gasteiger partial charge in [-0.15, -0.1) is 5.10 Å². The molecule has 0 aliphatic rings. The van der Waals surface area contributed by atoms with Crippen molar-refractivity contribution in [1.29, 1.82) is 0 Å². The molecule has 1 amide bonds. The number of aromatic nitrogens is 7. The monoisotopic (exact) mass is 408 g/mol. The fourth-order valence-corrected chi connectivity index (χ4v) is 3.47. The maximum Gasteiger partial charge on any atom is 0.224 e. The second kappa shape index (κ2) is 7.62. The van der Waals surface area contributed by atoms with Crippen LogP contribution in [0.5, 0.6) is 0 Å². The Hall–Kier alpha value is -3.69. The van der Waals surface area contributed by atoms with Crippen LogP contribution in [0.3, 0.4) is 0 Å². The van der Waals surface area contributed by atoms with Crippen molar-refractivity contribution in [2.24, 2.45) is 0 Å². The normalized spacial score (nSPS) is 11.2. The molecule has 10 heteroatoms. The molecule has 3 heterocycles. The van der Waals surface area contributed by atoms with Crippen LogP contribution >= 0.6 is 0 Å². The summed E-state index contributed by atoms with van der Waals surface area (Å²) in [4.78, 5) is 17.1. The maximum absolute atomic E-state index is 14.2. The van der Waals surface area contributed by atoms with Crippen molar-refractivity contribution in [3.8, 4) is 5.69 Å². The predicted octanol–water partition coefficient (Wildman–Crippen LogP) is 2.65. The molecule has 30 heavy (non-hydrogen) atoms. The minimum absolute atomic E-state index is 0.0807. The Morgan fingerprint density at radius 2 is 1.97 bits per heavy atom. The number of benzene rings is 1. The lowest BCUT2D eigenvalue weighted by Crippen LogP contribution is -2.15. The molecule has 1 aromatic carbocycles. The fraction of sp³-hybridized carbons (Fsp3) is 0.300. The standard InChI is InChI=1S/C20H21FN8O/c1-11-9-19-22-12(2)16(13(3)28(19)25-11)6-8-20(30)23-18-10-15(5-7-17(18)21)29-14(4)24-26-27-29/h5,7,9-10H,6,8H2,1-4H3,(H,23,30). The highest BCUT2D eigenvalue weighted by Gasteiger charge is 2.15. The molecule has 0 unspecified atom stereocenters. The number of nitrogens with zero attached hydrogens (tertiary/aromatic N) is 7. The first-order valence-electron chi connectivity index (χ1n) is 9.50. The summed E-state index contributed by atoms with van der Waals surface area (Å²) in [5, 5.41) is 18.4. The van der Waals surface area contributed by atoms with Gasteiger partial charge in [0.2, 0.25) is 5.91 Å². The smallest absolute Gasteiger partial charge is 0.224 e. The van der Waals surface area contributed by atoms with Crippen LogP contribution in [0.2, 0.25) is 0 Å². The Bertz CT molecular complexity index is 1260. The number of hydrogen-bond donors (Lipinski definition) is 1. The zero-order valence-electron chi connectivity index (χ0n) is 17.1. The Balaban J connectivity index is 1.51. The third kappa shape index (κ3) is 3.63. The Kier molecular flexibility index (Phi) is 4.98. The summed E-state index contributed by atoms with van der Waals surface area (Å²) in [6, 6.07) is 6.25. The van der Waals surface area contributed by atoms with Gasteiger partial charge in [-0.1, -0.05) is 0 Å². The van der Waals surface area contributed by atoms with Crippen molar-refractivity contribution in [3.05, 3.63) is 58.6 Å². The van der Waals surface area contributed by atoms with Gasteiger partial charge in [-0.3, -0.25) is 4.79 Å². The number of aryl methyl sites for hydroxylation is 4. The van der Waals surface area contributed by atoms with E-state index >= 15 is 0 Å². The van der Waals surface area contributed by atoms with Gasteiger partial charge in [0.15, 0.2) is 11.5 Å². The topological polar surface area (TPSA) is 103 Å². The molecule has 0 fully saturated rings. The number of carbonyl (C=O) groups excluding carboxylic acids is 1. The largest absolute Gasteiger partial charge is 0.324 e. The molecule has 4 aromatic rings. The fourth-order valence-electron chi connectivity index (χ4n) is 3.47. The van der Waals surface area contributed by atoms with Gasteiger partial charge in [0, 0.05) is 23.9 Å². The number of halogens is 1. The molecule has 154 valence electrons. The summed E-state index contributed by atoms with van der Waals surface area (Å²) in [6.07, 6.45) is 0.654. The van der Waals surface area contributed by atoms with Crippen LogP contribution in [0.4, 0.5) is 10.1 Å². The number of anilines is 1. The maximum atomic E-state index is 14.2. The van der Waals surface area contributed by atoms with E-state index in [1.54, 1.807) is 17.5 Å². The van der Waals surface area contributed by atoms with Crippen molar-refractivity contribution in [2.45, 2.75) is 40.5 Å². The van der Waals surface area contributed by atoms with E-state index in [0.29, 0.717) is 17.9 Å². The van der Waals surface area contributed by atoms with Crippen molar-refractivity contribution in [2.75, 3.05) is 5.32 Å². The van der Waals surface area contributed by atoms with Crippen molar-refractivity contribution < 1.29 is 9.18 Å². The van der Waals surface area contributed by atoms with Crippen LogP contribution in [0.15, 0.2) is 24.3 Å². The molecule has 0 radical (unpaired) electrons. The van der Waals surface area contributed by atoms with Gasteiger partial charge in [-0.2, -0.15) is 9.78 Å². The number of nitrogens with one attached hydrogen (secondary N) is 1. The molecule has 0 saturated carbocycles. The molecular formula is C20H21FN8O. The van der Waals surface area contributed by atoms with Gasteiger partial charge >= 0.3 is 0 Å².